The zero-order chi connectivity index (χ0) is 22.8. The second-order valence-corrected chi connectivity index (χ2v) is 8.76. The third kappa shape index (κ3) is 4.56. The summed E-state index contributed by atoms with van der Waals surface area (Å²) in [6, 6.07) is 10.6. The molecule has 2 atom stereocenters. The molecule has 2 aliphatic rings. The van der Waals surface area contributed by atoms with Crippen LogP contribution in [0.2, 0.25) is 0 Å². The minimum Gasteiger partial charge on any atom is -0.486 e. The van der Waals surface area contributed by atoms with Gasteiger partial charge in [-0.15, -0.1) is 0 Å². The number of ether oxygens (including phenoxy) is 2. The number of nitrogens with one attached hydrogen (secondary N) is 2. The molecule has 5 rings (SSSR count). The van der Waals surface area contributed by atoms with Gasteiger partial charge in [-0.05, 0) is 24.3 Å². The molecular weight excluding hydrogens is 444 g/mol. The van der Waals surface area contributed by atoms with Crippen molar-refractivity contribution in [2.24, 2.45) is 5.92 Å². The smallest absolute Gasteiger partial charge is 0.257 e. The molecule has 168 valence electrons. The Labute approximate surface area is 193 Å². The predicted molar refractivity (Wildman–Crippen MR) is 120 cm³/mol. The summed E-state index contributed by atoms with van der Waals surface area (Å²) in [4.78, 5) is 46.5. The van der Waals surface area contributed by atoms with Crippen LogP contribution in [0.3, 0.4) is 0 Å². The molecule has 0 unspecified atom stereocenters. The number of aromatic nitrogens is 2. The van der Waals surface area contributed by atoms with Gasteiger partial charge in [0.05, 0.1) is 23.0 Å². The van der Waals surface area contributed by atoms with E-state index in [-0.39, 0.29) is 36.7 Å². The summed E-state index contributed by atoms with van der Waals surface area (Å²) in [5.41, 5.74) is 0.978. The minimum absolute atomic E-state index is 0.101. The van der Waals surface area contributed by atoms with E-state index in [2.05, 4.69) is 20.6 Å². The number of pyridine rings is 1. The molecule has 1 aliphatic carbocycles. The first kappa shape index (κ1) is 21.1. The number of fused-ring (bicyclic) bond motifs is 2. The van der Waals surface area contributed by atoms with Crippen molar-refractivity contribution in [1.29, 1.82) is 0 Å². The molecular formula is C23H20N4O5S. The number of thiazole rings is 1. The largest absolute Gasteiger partial charge is 0.486 e. The van der Waals surface area contributed by atoms with Crippen LogP contribution in [0.15, 0.2) is 48.8 Å². The lowest BCUT2D eigenvalue weighted by Gasteiger charge is -2.27. The zero-order valence-corrected chi connectivity index (χ0v) is 18.3. The highest BCUT2D eigenvalue weighted by atomic mass is 32.1. The molecule has 2 N–H and O–H groups in total. The van der Waals surface area contributed by atoms with Crippen molar-refractivity contribution >= 4 is 34.1 Å². The molecule has 1 aliphatic heterocycles. The molecule has 33 heavy (non-hydrogen) atoms. The van der Waals surface area contributed by atoms with Crippen molar-refractivity contribution in [1.82, 2.24) is 15.3 Å². The fourth-order valence-electron chi connectivity index (χ4n) is 3.76. The molecule has 0 radical (unpaired) electrons. The Hall–Kier alpha value is -3.79. The fraction of sp³-hybridized carbons (Fsp3) is 0.261. The lowest BCUT2D eigenvalue weighted by molar-refractivity contribution is -0.125. The van der Waals surface area contributed by atoms with E-state index in [1.165, 1.54) is 12.4 Å². The number of rotatable bonds is 5. The van der Waals surface area contributed by atoms with Crippen LogP contribution in [0.5, 0.6) is 11.5 Å². The Morgan fingerprint density at radius 3 is 2.70 bits per heavy atom. The number of hydrogen-bond acceptors (Lipinski definition) is 8. The van der Waals surface area contributed by atoms with Gasteiger partial charge in [-0.3, -0.25) is 24.7 Å². The molecule has 3 heterocycles. The molecule has 10 heteroatoms. The van der Waals surface area contributed by atoms with Crippen LogP contribution in [-0.4, -0.2) is 46.8 Å². The van der Waals surface area contributed by atoms with Gasteiger partial charge in [-0.25, -0.2) is 4.98 Å². The Morgan fingerprint density at radius 1 is 1.09 bits per heavy atom. The lowest BCUT2D eigenvalue weighted by Crippen LogP contribution is -2.44. The Kier molecular flexibility index (Phi) is 5.74. The highest BCUT2D eigenvalue weighted by Gasteiger charge is 2.33. The average molecular weight is 465 g/mol. The summed E-state index contributed by atoms with van der Waals surface area (Å²) in [6.07, 6.45) is 3.17. The molecule has 0 spiro atoms. The number of nitrogens with zero attached hydrogens (tertiary/aromatic N) is 2. The number of Topliss-reactive ketones (excluding diaryl/α,β-unsaturated/α-hetero) is 1. The first-order chi connectivity index (χ1) is 16.1. The predicted octanol–water partition coefficient (Wildman–Crippen LogP) is 2.49. The molecule has 2 aromatic heterocycles. The van der Waals surface area contributed by atoms with E-state index in [4.69, 9.17) is 9.47 Å². The summed E-state index contributed by atoms with van der Waals surface area (Å²) in [7, 11) is 0. The quantitative estimate of drug-likeness (QED) is 0.595. The van der Waals surface area contributed by atoms with E-state index in [9.17, 15) is 14.4 Å². The molecule has 9 nitrogen and oxygen atoms in total. The van der Waals surface area contributed by atoms with E-state index >= 15 is 0 Å². The van der Waals surface area contributed by atoms with Gasteiger partial charge >= 0.3 is 0 Å². The van der Waals surface area contributed by atoms with Crippen LogP contribution in [-0.2, 0) is 11.2 Å². The average Bonchev–Trinajstić information content (AvgIpc) is 3.26. The molecule has 0 bridgehead atoms. The second-order valence-electron chi connectivity index (χ2n) is 7.76. The monoisotopic (exact) mass is 464 g/mol. The van der Waals surface area contributed by atoms with Gasteiger partial charge in [0.1, 0.15) is 12.7 Å². The van der Waals surface area contributed by atoms with Crippen molar-refractivity contribution in [3.63, 3.8) is 0 Å². The van der Waals surface area contributed by atoms with E-state index in [1.54, 1.807) is 12.1 Å². The molecule has 0 saturated carbocycles. The summed E-state index contributed by atoms with van der Waals surface area (Å²) < 4.78 is 11.5. The SMILES string of the molecule is O=C(Nc1nc2c(s1)C(=O)C[C@@H](C(=O)NC[C@H]1COc3ccccc3O1)C2)c1ccncc1. The summed E-state index contributed by atoms with van der Waals surface area (Å²) in [6.45, 7) is 0.604. The number of amides is 2. The van der Waals surface area contributed by atoms with Gasteiger partial charge in [0, 0.05) is 30.8 Å². The maximum atomic E-state index is 12.8. The molecule has 2 amide bonds. The van der Waals surface area contributed by atoms with E-state index in [0.717, 1.165) is 11.3 Å². The van der Waals surface area contributed by atoms with E-state index < -0.39 is 5.92 Å². The number of carbonyl (C=O) groups is 3. The maximum Gasteiger partial charge on any atom is 0.257 e. The normalized spacial score (nSPS) is 18.8. The first-order valence-electron chi connectivity index (χ1n) is 10.5. The maximum absolute atomic E-state index is 12.8. The Morgan fingerprint density at radius 2 is 1.88 bits per heavy atom. The van der Waals surface area contributed by atoms with Crippen molar-refractivity contribution in [3.8, 4) is 11.5 Å². The highest BCUT2D eigenvalue weighted by Crippen LogP contribution is 2.33. The van der Waals surface area contributed by atoms with Gasteiger partial charge < -0.3 is 14.8 Å². The van der Waals surface area contributed by atoms with Crippen LogP contribution in [0.25, 0.3) is 0 Å². The Bertz CT molecular complexity index is 1210. The van der Waals surface area contributed by atoms with Crippen molar-refractivity contribution in [2.45, 2.75) is 18.9 Å². The molecule has 0 fully saturated rings. The van der Waals surface area contributed by atoms with Crippen LogP contribution in [0.4, 0.5) is 5.13 Å². The number of para-hydroxylation sites is 2. The van der Waals surface area contributed by atoms with Gasteiger partial charge in [-0.1, -0.05) is 23.5 Å². The second kappa shape index (κ2) is 8.99. The Balaban J connectivity index is 1.19. The minimum atomic E-state index is -0.521. The van der Waals surface area contributed by atoms with Crippen LogP contribution in [0.1, 0.15) is 32.1 Å². The third-order valence-corrected chi connectivity index (χ3v) is 6.48. The van der Waals surface area contributed by atoms with E-state index in [1.807, 2.05) is 24.3 Å². The highest BCUT2D eigenvalue weighted by molar-refractivity contribution is 7.17. The van der Waals surface area contributed by atoms with Crippen LogP contribution in [0, 0.1) is 5.92 Å². The number of anilines is 1. The zero-order valence-electron chi connectivity index (χ0n) is 17.4. The first-order valence-corrected chi connectivity index (χ1v) is 11.3. The van der Waals surface area contributed by atoms with Gasteiger partial charge in [0.25, 0.3) is 5.91 Å². The fourth-order valence-corrected chi connectivity index (χ4v) is 4.70. The third-order valence-electron chi connectivity index (χ3n) is 5.43. The standard InChI is InChI=1S/C23H20N4O5S/c28-17-10-14(21(29)25-11-15-12-31-18-3-1-2-4-19(18)32-15)9-16-20(17)33-23(26-16)27-22(30)13-5-7-24-8-6-13/h1-8,14-15H,9-12H2,(H,25,29)(H,26,27,30)/t14-,15-/m0/s1. The van der Waals surface area contributed by atoms with Gasteiger partial charge in [0.2, 0.25) is 5.91 Å². The summed E-state index contributed by atoms with van der Waals surface area (Å²) in [5.74, 6) is 0.0932. The van der Waals surface area contributed by atoms with Crippen molar-refractivity contribution < 1.29 is 23.9 Å². The lowest BCUT2D eigenvalue weighted by atomic mass is 9.89. The van der Waals surface area contributed by atoms with Crippen LogP contribution >= 0.6 is 11.3 Å². The van der Waals surface area contributed by atoms with Crippen molar-refractivity contribution in [3.05, 3.63) is 64.9 Å². The number of carbonyl (C=O) groups excluding carboxylic acids is 3. The molecule has 0 saturated heterocycles. The number of benzene rings is 1. The van der Waals surface area contributed by atoms with Gasteiger partial charge in [-0.2, -0.15) is 0 Å². The van der Waals surface area contributed by atoms with Gasteiger partial charge in [0.15, 0.2) is 22.4 Å². The van der Waals surface area contributed by atoms with Crippen molar-refractivity contribution in [2.75, 3.05) is 18.5 Å². The summed E-state index contributed by atoms with van der Waals surface area (Å²) in [5, 5.41) is 5.92. The van der Waals surface area contributed by atoms with E-state index in [0.29, 0.717) is 45.8 Å². The molecule has 1 aromatic carbocycles. The number of hydrogen-bond donors (Lipinski definition) is 2. The molecule has 3 aromatic rings. The summed E-state index contributed by atoms with van der Waals surface area (Å²) >= 11 is 1.13. The van der Waals surface area contributed by atoms with Crippen LogP contribution < -0.4 is 20.1 Å². The topological polar surface area (TPSA) is 120 Å². The number of ketones is 1.